The zero-order valence-corrected chi connectivity index (χ0v) is 13.6. The number of benzene rings is 2. The lowest BCUT2D eigenvalue weighted by molar-refractivity contribution is 0.199. The molecule has 2 N–H and O–H groups in total. The topological polar surface area (TPSA) is 52.9 Å². The van der Waals surface area contributed by atoms with Gasteiger partial charge in [-0.05, 0) is 41.8 Å². The Hall–Kier alpha value is -1.75. The van der Waals surface area contributed by atoms with Gasteiger partial charge >= 0.3 is 0 Å². The highest BCUT2D eigenvalue weighted by atomic mass is 35.5. The molecule has 0 unspecified atom stereocenters. The van der Waals surface area contributed by atoms with Crippen LogP contribution in [0.15, 0.2) is 36.4 Å². The monoisotopic (exact) mass is 333 g/mol. The highest BCUT2D eigenvalue weighted by molar-refractivity contribution is 6.30. The smallest absolute Gasteiger partial charge is 0.165 e. The second-order valence-electron chi connectivity index (χ2n) is 5.70. The Morgan fingerprint density at radius 3 is 2.83 bits per heavy atom. The number of halogens is 1. The van der Waals surface area contributed by atoms with Gasteiger partial charge < -0.3 is 14.9 Å². The molecule has 4 nitrogen and oxygen atoms in total. The molecule has 0 radical (unpaired) electrons. The van der Waals surface area contributed by atoms with Gasteiger partial charge in [0.2, 0.25) is 0 Å². The zero-order valence-electron chi connectivity index (χ0n) is 12.8. The molecule has 23 heavy (non-hydrogen) atoms. The summed E-state index contributed by atoms with van der Waals surface area (Å²) >= 11 is 6.07. The summed E-state index contributed by atoms with van der Waals surface area (Å²) in [6.07, 6.45) is 0.731. The van der Waals surface area contributed by atoms with E-state index in [-0.39, 0.29) is 12.4 Å². The summed E-state index contributed by atoms with van der Waals surface area (Å²) in [5.74, 6) is 0.712. The van der Waals surface area contributed by atoms with Gasteiger partial charge in [-0.25, -0.2) is 0 Å². The summed E-state index contributed by atoms with van der Waals surface area (Å²) in [6.45, 7) is 2.99. The number of hydrogen-bond donors (Lipinski definition) is 2. The molecular weight excluding hydrogens is 314 g/mol. The third-order valence-corrected chi connectivity index (χ3v) is 4.22. The summed E-state index contributed by atoms with van der Waals surface area (Å²) in [5, 5.41) is 20.0. The molecular formula is C18H20ClNO3. The average Bonchev–Trinajstić information content (AvgIpc) is 2.75. The van der Waals surface area contributed by atoms with Crippen molar-refractivity contribution in [3.63, 3.8) is 0 Å². The van der Waals surface area contributed by atoms with E-state index in [9.17, 15) is 5.11 Å². The molecule has 122 valence electrons. The van der Waals surface area contributed by atoms with Gasteiger partial charge in [-0.3, -0.25) is 4.90 Å². The summed E-state index contributed by atoms with van der Waals surface area (Å²) in [4.78, 5) is 2.23. The van der Waals surface area contributed by atoms with Gasteiger partial charge in [-0.1, -0.05) is 23.7 Å². The van der Waals surface area contributed by atoms with E-state index in [0.29, 0.717) is 23.9 Å². The molecule has 0 aromatic heterocycles. The van der Waals surface area contributed by atoms with Crippen molar-refractivity contribution in [2.24, 2.45) is 0 Å². The first kappa shape index (κ1) is 16.1. The number of ether oxygens (including phenoxy) is 1. The Kier molecular flexibility index (Phi) is 5.06. The van der Waals surface area contributed by atoms with Crippen molar-refractivity contribution in [1.29, 1.82) is 0 Å². The lowest BCUT2D eigenvalue weighted by atomic mass is 10.0. The van der Waals surface area contributed by atoms with Gasteiger partial charge in [-0.2, -0.15) is 0 Å². The number of aromatic hydroxyl groups is 1. The molecule has 0 aliphatic carbocycles. The molecule has 0 bridgehead atoms. The van der Waals surface area contributed by atoms with Crippen LogP contribution < -0.4 is 4.74 Å². The molecule has 2 aromatic carbocycles. The third-order valence-electron chi connectivity index (χ3n) is 3.98. The quantitative estimate of drug-likeness (QED) is 0.901. The molecule has 0 fully saturated rings. The Morgan fingerprint density at radius 2 is 2.04 bits per heavy atom. The number of aliphatic hydroxyl groups is 1. The van der Waals surface area contributed by atoms with Crippen LogP contribution in [-0.2, 0) is 6.54 Å². The second-order valence-corrected chi connectivity index (χ2v) is 6.13. The third kappa shape index (κ3) is 3.78. The Balaban J connectivity index is 1.94. The van der Waals surface area contributed by atoms with Gasteiger partial charge in [0.05, 0.1) is 0 Å². The van der Waals surface area contributed by atoms with Crippen molar-refractivity contribution in [1.82, 2.24) is 4.90 Å². The number of rotatable bonds is 4. The molecule has 3 rings (SSSR count). The van der Waals surface area contributed by atoms with E-state index >= 15 is 0 Å². The van der Waals surface area contributed by atoms with Gasteiger partial charge in [-0.15, -0.1) is 0 Å². The van der Waals surface area contributed by atoms with Crippen molar-refractivity contribution >= 4 is 11.6 Å². The lowest BCUT2D eigenvalue weighted by Crippen LogP contribution is -2.27. The predicted molar refractivity (Wildman–Crippen MR) is 91.0 cm³/mol. The van der Waals surface area contributed by atoms with Crippen LogP contribution in [0.1, 0.15) is 12.0 Å². The molecule has 1 aliphatic heterocycles. The van der Waals surface area contributed by atoms with E-state index in [4.69, 9.17) is 21.4 Å². The minimum absolute atomic E-state index is 0.154. The van der Waals surface area contributed by atoms with E-state index in [0.717, 1.165) is 36.2 Å². The highest BCUT2D eigenvalue weighted by Gasteiger charge is 2.19. The minimum atomic E-state index is 0.154. The van der Waals surface area contributed by atoms with Crippen LogP contribution in [0.4, 0.5) is 0 Å². The Labute approximate surface area is 140 Å². The van der Waals surface area contributed by atoms with Gasteiger partial charge in [0.15, 0.2) is 11.5 Å². The van der Waals surface area contributed by atoms with Crippen molar-refractivity contribution < 1.29 is 14.9 Å². The first-order chi connectivity index (χ1) is 11.2. The van der Waals surface area contributed by atoms with Crippen molar-refractivity contribution in [3.05, 3.63) is 47.0 Å². The number of aliphatic hydroxyl groups excluding tert-OH is 1. The Bertz CT molecular complexity index is 690. The number of phenols is 1. The van der Waals surface area contributed by atoms with Gasteiger partial charge in [0.25, 0.3) is 0 Å². The van der Waals surface area contributed by atoms with Crippen molar-refractivity contribution in [2.45, 2.75) is 13.0 Å². The second kappa shape index (κ2) is 7.21. The van der Waals surface area contributed by atoms with Crippen LogP contribution in [0.5, 0.6) is 11.5 Å². The van der Waals surface area contributed by atoms with Gasteiger partial charge in [0, 0.05) is 36.8 Å². The molecule has 1 aliphatic rings. The molecule has 0 saturated carbocycles. The van der Waals surface area contributed by atoms with Crippen LogP contribution in [0.2, 0.25) is 5.02 Å². The van der Waals surface area contributed by atoms with Crippen molar-refractivity contribution in [3.8, 4) is 22.6 Å². The summed E-state index contributed by atoms with van der Waals surface area (Å²) in [7, 11) is 0. The maximum Gasteiger partial charge on any atom is 0.165 e. The fraction of sp³-hybridized carbons (Fsp3) is 0.333. The summed E-state index contributed by atoms with van der Waals surface area (Å²) < 4.78 is 5.72. The van der Waals surface area contributed by atoms with E-state index < -0.39 is 0 Å². The van der Waals surface area contributed by atoms with Crippen LogP contribution in [0, 0.1) is 0 Å². The van der Waals surface area contributed by atoms with Crippen LogP contribution >= 0.6 is 11.6 Å². The van der Waals surface area contributed by atoms with E-state index in [1.54, 1.807) is 6.07 Å². The number of fused-ring (bicyclic) bond motifs is 1. The van der Waals surface area contributed by atoms with E-state index in [1.807, 2.05) is 30.3 Å². The zero-order chi connectivity index (χ0) is 16.2. The molecule has 5 heteroatoms. The minimum Gasteiger partial charge on any atom is -0.504 e. The van der Waals surface area contributed by atoms with Gasteiger partial charge in [0.1, 0.15) is 6.61 Å². The van der Waals surface area contributed by atoms with Crippen molar-refractivity contribution in [2.75, 3.05) is 26.3 Å². The summed E-state index contributed by atoms with van der Waals surface area (Å²) in [5.41, 5.74) is 2.83. The maximum absolute atomic E-state index is 10.3. The highest BCUT2D eigenvalue weighted by Crippen LogP contribution is 2.38. The molecule has 0 spiro atoms. The van der Waals surface area contributed by atoms with Crippen LogP contribution in [-0.4, -0.2) is 41.4 Å². The number of hydrogen-bond acceptors (Lipinski definition) is 4. The SMILES string of the molecule is OCCCN1CCOc2c(O)cc(-c3cccc(Cl)c3)cc2C1. The average molecular weight is 334 g/mol. The number of nitrogens with zero attached hydrogens (tertiary/aromatic N) is 1. The molecule has 0 saturated heterocycles. The maximum atomic E-state index is 10.3. The van der Waals surface area contributed by atoms with E-state index in [1.165, 1.54) is 0 Å². The molecule has 0 amide bonds. The normalized spacial score (nSPS) is 14.9. The Morgan fingerprint density at radius 1 is 1.17 bits per heavy atom. The van der Waals surface area contributed by atoms with E-state index in [2.05, 4.69) is 4.90 Å². The summed E-state index contributed by atoms with van der Waals surface area (Å²) in [6, 6.07) is 11.3. The number of phenolic OH excluding ortho intramolecular Hbond substituents is 1. The standard InChI is InChI=1S/C18H20ClNO3/c19-16-4-1-3-13(10-16)14-9-15-12-20(5-2-7-21)6-8-23-18(15)17(22)11-14/h1,3-4,9-11,21-22H,2,5-8,12H2. The lowest BCUT2D eigenvalue weighted by Gasteiger charge is -2.18. The van der Waals surface area contributed by atoms with Crippen LogP contribution in [0.25, 0.3) is 11.1 Å². The predicted octanol–water partition coefficient (Wildman–Crippen LogP) is 3.29. The fourth-order valence-corrected chi connectivity index (χ4v) is 3.06. The first-order valence-electron chi connectivity index (χ1n) is 7.75. The molecule has 1 heterocycles. The fourth-order valence-electron chi connectivity index (χ4n) is 2.87. The first-order valence-corrected chi connectivity index (χ1v) is 8.13. The largest absolute Gasteiger partial charge is 0.504 e. The molecule has 2 aromatic rings. The van der Waals surface area contributed by atoms with Crippen LogP contribution in [0.3, 0.4) is 0 Å². The molecule has 0 atom stereocenters.